The molecule has 2 aromatic rings. The predicted octanol–water partition coefficient (Wildman–Crippen LogP) is 26.8. The topological polar surface area (TPSA) is 0 Å². The van der Waals surface area contributed by atoms with Crippen molar-refractivity contribution in [3.63, 3.8) is 0 Å². The molecule has 7 fully saturated rings. The van der Waals surface area contributed by atoms with E-state index in [-0.39, 0.29) is 9.99 Å². The molecule has 10 aliphatic carbocycles. The van der Waals surface area contributed by atoms with Gasteiger partial charge in [0, 0.05) is 9.99 Å². The Balaban J connectivity index is 0.000000385. The summed E-state index contributed by atoms with van der Waals surface area (Å²) in [7, 11) is 0. The van der Waals surface area contributed by atoms with Gasteiger partial charge in [-0.25, -0.2) is 0 Å². The van der Waals surface area contributed by atoms with Gasteiger partial charge in [0.2, 0.25) is 0 Å². The fourth-order valence-corrected chi connectivity index (χ4v) is 18.7. The summed E-state index contributed by atoms with van der Waals surface area (Å²) >= 11 is 0. The third-order valence-electron chi connectivity index (χ3n) is 25.2. The molecule has 12 rings (SSSR count). The summed E-state index contributed by atoms with van der Waals surface area (Å²) < 4.78 is 0. The van der Waals surface area contributed by atoms with Crippen LogP contribution in [0.5, 0.6) is 0 Å². The zero-order chi connectivity index (χ0) is 55.8. The van der Waals surface area contributed by atoms with Crippen LogP contribution in [0.1, 0.15) is 313 Å². The van der Waals surface area contributed by atoms with Crippen molar-refractivity contribution in [1.82, 2.24) is 0 Å². The van der Waals surface area contributed by atoms with Gasteiger partial charge < -0.3 is 0 Å². The fourth-order valence-electron chi connectivity index (χ4n) is 18.7. The first-order chi connectivity index (χ1) is 38.9. The average molecular weight is 1100 g/mol. The molecule has 0 nitrogen and oxygen atoms in total. The summed E-state index contributed by atoms with van der Waals surface area (Å²) in [6.45, 7) is 19.0. The zero-order valence-corrected chi connectivity index (χ0v) is 53.8. The Kier molecular flexibility index (Phi) is 24.6. The van der Waals surface area contributed by atoms with Crippen LogP contribution in [0.4, 0.5) is 0 Å². The van der Waals surface area contributed by atoms with Gasteiger partial charge in [-0.15, -0.1) is 0 Å². The van der Waals surface area contributed by atoms with Gasteiger partial charge in [0.25, 0.3) is 0 Å². The number of benzene rings is 2. The predicted molar refractivity (Wildman–Crippen MR) is 365 cm³/mol. The van der Waals surface area contributed by atoms with E-state index in [1.54, 1.807) is 44.1 Å². The number of hydrogen-bond donors (Lipinski definition) is 0. The van der Waals surface area contributed by atoms with E-state index < -0.39 is 0 Å². The van der Waals surface area contributed by atoms with Gasteiger partial charge in [0.05, 0.1) is 0 Å². The van der Waals surface area contributed by atoms with E-state index in [0.717, 1.165) is 101 Å². The van der Waals surface area contributed by atoms with Crippen LogP contribution in [0, 0.1) is 102 Å². The molecule has 3 unspecified atom stereocenters. The van der Waals surface area contributed by atoms with Crippen molar-refractivity contribution in [3.05, 3.63) is 94.6 Å². The van der Waals surface area contributed by atoms with E-state index in [4.69, 9.17) is 0 Å². The molecular formula is C80H140. The van der Waals surface area contributed by atoms with Crippen molar-refractivity contribution in [2.45, 2.75) is 299 Å². The molecule has 0 spiro atoms. The Hall–Kier alpha value is -2.34. The van der Waals surface area contributed by atoms with Gasteiger partial charge >= 0.3 is 0 Å². The molecule has 10 aliphatic rings. The summed E-state index contributed by atoms with van der Waals surface area (Å²) in [5.74, 6) is 17.2. The smallest absolute Gasteiger partial charge is 0 e. The summed E-state index contributed by atoms with van der Waals surface area (Å²) in [5.41, 5.74) is 10.9. The maximum absolute atomic E-state index is 2.69. The Morgan fingerprint density at radius 2 is 0.575 bits per heavy atom. The first kappa shape index (κ1) is 62.2. The van der Waals surface area contributed by atoms with E-state index in [9.17, 15) is 0 Å². The fraction of sp³-hybridized carbons (Fsp3) is 0.775. The van der Waals surface area contributed by atoms with Crippen molar-refractivity contribution in [1.29, 1.82) is 0 Å². The summed E-state index contributed by atoms with van der Waals surface area (Å²) in [6.07, 6.45) is 62.7. The van der Waals surface area contributed by atoms with Crippen molar-refractivity contribution in [2.24, 2.45) is 94.7 Å². The lowest BCUT2D eigenvalue weighted by Gasteiger charge is -2.40. The van der Waals surface area contributed by atoms with Crippen LogP contribution < -0.4 is 0 Å². The van der Waals surface area contributed by atoms with E-state index in [1.807, 2.05) is 11.1 Å². The highest BCUT2D eigenvalue weighted by atomic mass is 14.4. The highest BCUT2D eigenvalue weighted by molar-refractivity contribution is 5.64. The molecule has 3 atom stereocenters. The third kappa shape index (κ3) is 18.8. The molecule has 80 heavy (non-hydrogen) atoms. The second kappa shape index (κ2) is 31.7. The molecule has 2 aromatic carbocycles. The number of aryl methyl sites for hydroxylation is 1. The van der Waals surface area contributed by atoms with Crippen LogP contribution in [-0.2, 0) is 0 Å². The lowest BCUT2D eigenvalue weighted by molar-refractivity contribution is 0.124. The van der Waals surface area contributed by atoms with Gasteiger partial charge in [-0.1, -0.05) is 195 Å². The SMILES string of the molecule is CC1=CCC(C2CCC(C3CCC(C)CC3)CC2)CC1.CC1CC=C(C2CCC(C3CCC(C)CC3)CC2)CC1.CC1CCC(C2=CCC(C3CCC(C)CC3)CC2)CC1.Cc1ccc(-c2ccc(C3CCC(C)CC3)cc2)cc1.[HH].[HH].[HH].[HH].[HH].[HH].[HH]. The minimum absolute atomic E-state index is 0. The first-order valence-electron chi connectivity index (χ1n) is 36.1. The highest BCUT2D eigenvalue weighted by Gasteiger charge is 2.35. The molecule has 0 aliphatic heterocycles. The average Bonchev–Trinajstić information content (AvgIpc) is 3.51. The quantitative estimate of drug-likeness (QED) is 0.231. The first-order valence-corrected chi connectivity index (χ1v) is 36.1. The number of hydrogen-bond acceptors (Lipinski definition) is 0. The molecule has 460 valence electrons. The molecule has 0 saturated heterocycles. The van der Waals surface area contributed by atoms with E-state index >= 15 is 0 Å². The summed E-state index contributed by atoms with van der Waals surface area (Å²) in [5, 5.41) is 0. The number of allylic oxidation sites excluding steroid dienone is 6. The molecule has 0 aromatic heterocycles. The molecule has 0 heteroatoms. The Morgan fingerprint density at radius 1 is 0.263 bits per heavy atom. The van der Waals surface area contributed by atoms with Crippen LogP contribution in [0.3, 0.4) is 0 Å². The van der Waals surface area contributed by atoms with Crippen LogP contribution in [-0.4, -0.2) is 0 Å². The normalized spacial score (nSPS) is 38.0. The van der Waals surface area contributed by atoms with Crippen molar-refractivity contribution >= 4 is 0 Å². The minimum Gasteiger partial charge on any atom is -0.0853 e. The van der Waals surface area contributed by atoms with Gasteiger partial charge in [-0.2, -0.15) is 0 Å². The molecule has 0 radical (unpaired) electrons. The lowest BCUT2D eigenvalue weighted by Crippen LogP contribution is -2.28. The van der Waals surface area contributed by atoms with Crippen molar-refractivity contribution in [3.8, 4) is 11.1 Å². The van der Waals surface area contributed by atoms with E-state index in [0.29, 0.717) is 0 Å². The van der Waals surface area contributed by atoms with Crippen LogP contribution >= 0.6 is 0 Å². The molecule has 0 N–H and O–H groups in total. The van der Waals surface area contributed by atoms with Crippen LogP contribution in [0.25, 0.3) is 11.1 Å². The molecule has 7 saturated carbocycles. The zero-order valence-electron chi connectivity index (χ0n) is 53.8. The highest BCUT2D eigenvalue weighted by Crippen LogP contribution is 2.48. The summed E-state index contributed by atoms with van der Waals surface area (Å²) in [6, 6.07) is 18.1. The van der Waals surface area contributed by atoms with Gasteiger partial charge in [0.15, 0.2) is 0 Å². The maximum Gasteiger partial charge on any atom is 0 e. The van der Waals surface area contributed by atoms with Crippen LogP contribution in [0.15, 0.2) is 83.5 Å². The van der Waals surface area contributed by atoms with Crippen molar-refractivity contribution in [2.75, 3.05) is 0 Å². The van der Waals surface area contributed by atoms with Gasteiger partial charge in [-0.3, -0.25) is 0 Å². The maximum atomic E-state index is 2.69. The molecule has 0 amide bonds. The minimum atomic E-state index is 0. The largest absolute Gasteiger partial charge is 0.0853 e. The Bertz CT molecular complexity index is 2160. The summed E-state index contributed by atoms with van der Waals surface area (Å²) in [4.78, 5) is 0. The monoisotopic (exact) mass is 1100 g/mol. The number of rotatable bonds is 8. The van der Waals surface area contributed by atoms with Gasteiger partial charge in [-0.05, 0) is 305 Å². The third-order valence-corrected chi connectivity index (χ3v) is 25.2. The van der Waals surface area contributed by atoms with Crippen LogP contribution in [0.2, 0.25) is 0 Å². The lowest BCUT2D eigenvalue weighted by atomic mass is 9.66. The van der Waals surface area contributed by atoms with E-state index in [2.05, 4.69) is 122 Å². The molecule has 0 heterocycles. The Labute approximate surface area is 507 Å². The van der Waals surface area contributed by atoms with Gasteiger partial charge in [0.1, 0.15) is 0 Å². The standard InChI is InChI=1S/3C20H34.C20H24.7H2/c4*1-15-3-7-17(8-4-15)19-11-13-20(14-12-19)18-9-5-16(2)6-10-18;;;;;;;/h11,15-18,20H,3-10,12-14H2,1-2H3;7,15-16,18-20H,3-6,8-14H2,1-2H3;3,16-20H,4-14H2,1-2H3;3-4,7-8,11-14,16,18H,5-6,9-10H2,1-2H3;7*1H. The second-order valence-electron chi connectivity index (χ2n) is 31.3. The van der Waals surface area contributed by atoms with E-state index in [1.165, 1.54) is 221 Å². The Morgan fingerprint density at radius 3 is 0.950 bits per heavy atom. The van der Waals surface area contributed by atoms with Crippen molar-refractivity contribution < 1.29 is 9.99 Å². The molecular weight excluding hydrogens is 961 g/mol. The molecule has 0 bridgehead atoms. The second-order valence-corrected chi connectivity index (χ2v) is 31.3.